The van der Waals surface area contributed by atoms with Gasteiger partial charge in [0.2, 0.25) is 5.91 Å². The molecular formula is C16H14FN3O. The Morgan fingerprint density at radius 1 is 1.24 bits per heavy atom. The fourth-order valence-corrected chi connectivity index (χ4v) is 1.96. The quantitative estimate of drug-likeness (QED) is 0.881. The van der Waals surface area contributed by atoms with Crippen LogP contribution in [0.25, 0.3) is 0 Å². The summed E-state index contributed by atoms with van der Waals surface area (Å²) in [5.41, 5.74) is 7.34. The second kappa shape index (κ2) is 6.64. The second-order valence-electron chi connectivity index (χ2n) is 4.59. The molecule has 0 radical (unpaired) electrons. The zero-order valence-corrected chi connectivity index (χ0v) is 11.3. The minimum Gasteiger partial charge on any atom is -0.366 e. The number of nitrogens with zero attached hydrogens (tertiary/aromatic N) is 1. The van der Waals surface area contributed by atoms with Gasteiger partial charge >= 0.3 is 0 Å². The van der Waals surface area contributed by atoms with Gasteiger partial charge in [0.1, 0.15) is 5.82 Å². The number of halogens is 1. The standard InChI is InChI=1S/C16H14FN3O/c17-15-5-4-13(16(19)21)7-14(15)10-20-9-12-3-1-2-11(6-12)8-18/h1-7,20H,9-10H2,(H2,19,21). The highest BCUT2D eigenvalue weighted by Gasteiger charge is 2.07. The Kier molecular flexibility index (Phi) is 4.64. The maximum Gasteiger partial charge on any atom is 0.248 e. The van der Waals surface area contributed by atoms with Gasteiger partial charge in [-0.3, -0.25) is 4.79 Å². The fourth-order valence-electron chi connectivity index (χ4n) is 1.96. The van der Waals surface area contributed by atoms with Crippen LogP contribution in [0, 0.1) is 17.1 Å². The van der Waals surface area contributed by atoms with Crippen LogP contribution in [0.15, 0.2) is 42.5 Å². The Labute approximate surface area is 122 Å². The maximum absolute atomic E-state index is 13.6. The number of benzene rings is 2. The average molecular weight is 283 g/mol. The fraction of sp³-hybridized carbons (Fsp3) is 0.125. The summed E-state index contributed by atoms with van der Waals surface area (Å²) in [5, 5.41) is 11.9. The molecule has 0 aromatic heterocycles. The van der Waals surface area contributed by atoms with Gasteiger partial charge in [0, 0.05) is 24.2 Å². The van der Waals surface area contributed by atoms with Crippen LogP contribution >= 0.6 is 0 Å². The number of amides is 1. The van der Waals surface area contributed by atoms with Crippen molar-refractivity contribution in [2.45, 2.75) is 13.1 Å². The normalized spacial score (nSPS) is 10.1. The van der Waals surface area contributed by atoms with E-state index in [-0.39, 0.29) is 12.1 Å². The number of hydrogen-bond donors (Lipinski definition) is 2. The highest BCUT2D eigenvalue weighted by molar-refractivity contribution is 5.92. The van der Waals surface area contributed by atoms with Gasteiger partial charge in [0.25, 0.3) is 0 Å². The number of nitriles is 1. The van der Waals surface area contributed by atoms with Crippen molar-refractivity contribution in [3.63, 3.8) is 0 Å². The van der Waals surface area contributed by atoms with Crippen molar-refractivity contribution < 1.29 is 9.18 Å². The Morgan fingerprint density at radius 3 is 2.76 bits per heavy atom. The summed E-state index contributed by atoms with van der Waals surface area (Å²) < 4.78 is 13.6. The van der Waals surface area contributed by atoms with Crippen LogP contribution < -0.4 is 11.1 Å². The van der Waals surface area contributed by atoms with Crippen LogP contribution in [0.5, 0.6) is 0 Å². The lowest BCUT2D eigenvalue weighted by Gasteiger charge is -2.07. The van der Waals surface area contributed by atoms with Gasteiger partial charge in [-0.1, -0.05) is 12.1 Å². The number of carbonyl (C=O) groups excluding carboxylic acids is 1. The van der Waals surface area contributed by atoms with Crippen LogP contribution in [0.3, 0.4) is 0 Å². The molecule has 1 amide bonds. The van der Waals surface area contributed by atoms with Gasteiger partial charge in [0.15, 0.2) is 0 Å². The summed E-state index contributed by atoms with van der Waals surface area (Å²) in [6.45, 7) is 0.763. The number of nitrogens with one attached hydrogen (secondary N) is 1. The molecule has 21 heavy (non-hydrogen) atoms. The van der Waals surface area contributed by atoms with E-state index in [4.69, 9.17) is 11.0 Å². The minimum absolute atomic E-state index is 0.268. The number of hydrogen-bond acceptors (Lipinski definition) is 3. The molecule has 2 rings (SSSR count). The van der Waals surface area contributed by atoms with E-state index in [1.54, 1.807) is 18.2 Å². The van der Waals surface area contributed by atoms with Crippen molar-refractivity contribution in [2.24, 2.45) is 5.73 Å². The third-order valence-electron chi connectivity index (χ3n) is 3.03. The molecule has 3 N–H and O–H groups in total. The SMILES string of the molecule is N#Cc1cccc(CNCc2cc(C(N)=O)ccc2F)c1. The number of nitrogens with two attached hydrogens (primary N) is 1. The highest BCUT2D eigenvalue weighted by Crippen LogP contribution is 2.11. The molecule has 2 aromatic carbocycles. The summed E-state index contributed by atoms with van der Waals surface area (Å²) >= 11 is 0. The number of rotatable bonds is 5. The van der Waals surface area contributed by atoms with Crippen molar-refractivity contribution in [3.8, 4) is 6.07 Å². The predicted octanol–water partition coefficient (Wildman–Crippen LogP) is 2.09. The maximum atomic E-state index is 13.6. The molecule has 0 aliphatic heterocycles. The molecule has 0 bridgehead atoms. The Balaban J connectivity index is 2.01. The largest absolute Gasteiger partial charge is 0.366 e. The first kappa shape index (κ1) is 14.7. The van der Waals surface area contributed by atoms with Gasteiger partial charge in [-0.15, -0.1) is 0 Å². The van der Waals surface area contributed by atoms with Crippen molar-refractivity contribution in [3.05, 3.63) is 70.5 Å². The number of carbonyl (C=O) groups is 1. The average Bonchev–Trinajstić information content (AvgIpc) is 2.49. The van der Waals surface area contributed by atoms with Gasteiger partial charge in [-0.2, -0.15) is 5.26 Å². The van der Waals surface area contributed by atoms with Gasteiger partial charge < -0.3 is 11.1 Å². The van der Waals surface area contributed by atoms with E-state index >= 15 is 0 Å². The van der Waals surface area contributed by atoms with Gasteiger partial charge in [0.05, 0.1) is 11.6 Å². The lowest BCUT2D eigenvalue weighted by Crippen LogP contribution is -2.16. The lowest BCUT2D eigenvalue weighted by molar-refractivity contribution is 0.1000. The Hall–Kier alpha value is -2.71. The van der Waals surface area contributed by atoms with Gasteiger partial charge in [-0.05, 0) is 35.9 Å². The Morgan fingerprint density at radius 2 is 2.05 bits per heavy atom. The smallest absolute Gasteiger partial charge is 0.248 e. The molecule has 5 heteroatoms. The lowest BCUT2D eigenvalue weighted by atomic mass is 10.1. The van der Waals surface area contributed by atoms with Crippen molar-refractivity contribution in [2.75, 3.05) is 0 Å². The second-order valence-corrected chi connectivity index (χ2v) is 4.59. The van der Waals surface area contributed by atoms with Crippen LogP contribution in [0.2, 0.25) is 0 Å². The van der Waals surface area contributed by atoms with E-state index in [1.807, 2.05) is 6.07 Å². The topological polar surface area (TPSA) is 78.9 Å². The van der Waals surface area contributed by atoms with E-state index in [2.05, 4.69) is 11.4 Å². The number of primary amides is 1. The molecule has 0 aliphatic rings. The predicted molar refractivity (Wildman–Crippen MR) is 76.6 cm³/mol. The zero-order chi connectivity index (χ0) is 15.2. The van der Waals surface area contributed by atoms with E-state index in [9.17, 15) is 9.18 Å². The molecule has 0 aliphatic carbocycles. The van der Waals surface area contributed by atoms with E-state index in [0.717, 1.165) is 5.56 Å². The van der Waals surface area contributed by atoms with E-state index in [0.29, 0.717) is 17.7 Å². The van der Waals surface area contributed by atoms with Crippen molar-refractivity contribution in [1.29, 1.82) is 5.26 Å². The molecular weight excluding hydrogens is 269 g/mol. The third kappa shape index (κ3) is 3.88. The molecule has 0 spiro atoms. The molecule has 0 atom stereocenters. The molecule has 0 saturated carbocycles. The van der Waals surface area contributed by atoms with Crippen LogP contribution in [0.1, 0.15) is 27.0 Å². The zero-order valence-electron chi connectivity index (χ0n) is 11.3. The molecule has 4 nitrogen and oxygen atoms in total. The van der Waals surface area contributed by atoms with Crippen molar-refractivity contribution in [1.82, 2.24) is 5.32 Å². The summed E-state index contributed by atoms with van der Waals surface area (Å²) in [6.07, 6.45) is 0. The first-order valence-corrected chi connectivity index (χ1v) is 6.38. The molecule has 0 unspecified atom stereocenters. The molecule has 0 fully saturated rings. The molecule has 106 valence electrons. The Bertz CT molecular complexity index is 707. The molecule has 0 saturated heterocycles. The first-order chi connectivity index (χ1) is 10.1. The van der Waals surface area contributed by atoms with Crippen molar-refractivity contribution >= 4 is 5.91 Å². The summed E-state index contributed by atoms with van der Waals surface area (Å²) in [6, 6.07) is 13.3. The van der Waals surface area contributed by atoms with Crippen LogP contribution in [-0.2, 0) is 13.1 Å². The molecule has 0 heterocycles. The van der Waals surface area contributed by atoms with E-state index in [1.165, 1.54) is 18.2 Å². The summed E-state index contributed by atoms with van der Waals surface area (Å²) in [5.74, 6) is -0.976. The third-order valence-corrected chi connectivity index (χ3v) is 3.03. The highest BCUT2D eigenvalue weighted by atomic mass is 19.1. The van der Waals surface area contributed by atoms with Gasteiger partial charge in [-0.25, -0.2) is 4.39 Å². The molecule has 2 aromatic rings. The monoisotopic (exact) mass is 283 g/mol. The summed E-state index contributed by atoms with van der Waals surface area (Å²) in [4.78, 5) is 11.1. The van der Waals surface area contributed by atoms with E-state index < -0.39 is 11.7 Å². The summed E-state index contributed by atoms with van der Waals surface area (Å²) in [7, 11) is 0. The minimum atomic E-state index is -0.585. The first-order valence-electron chi connectivity index (χ1n) is 6.38. The van der Waals surface area contributed by atoms with Crippen LogP contribution in [-0.4, -0.2) is 5.91 Å². The van der Waals surface area contributed by atoms with Crippen LogP contribution in [0.4, 0.5) is 4.39 Å².